The molecule has 34 heavy (non-hydrogen) atoms. The van der Waals surface area contributed by atoms with Gasteiger partial charge in [0.05, 0.1) is 17.3 Å². The molecule has 4 aromatic carbocycles. The molecule has 1 amide bonds. The standard InChI is InChI=1S/C28H19F2NO3/c1-16-6-4-9-18(14-16)25-24(26(32)21-11-5-8-17-7-2-3-10-20(17)21)27(33)28(34)31(25)23-13-12-19(29)15-22(23)30/h2-15,25,32H,1H3/b26-24-. The van der Waals surface area contributed by atoms with Crippen molar-refractivity contribution in [1.82, 2.24) is 0 Å². The number of aliphatic hydroxyl groups is 1. The van der Waals surface area contributed by atoms with Gasteiger partial charge in [-0.2, -0.15) is 0 Å². The Morgan fingerprint density at radius 3 is 2.38 bits per heavy atom. The number of hydrogen-bond donors (Lipinski definition) is 1. The van der Waals surface area contributed by atoms with Gasteiger partial charge in [-0.3, -0.25) is 14.5 Å². The zero-order chi connectivity index (χ0) is 24.0. The molecule has 1 fully saturated rings. The summed E-state index contributed by atoms with van der Waals surface area (Å²) >= 11 is 0. The maximum atomic E-state index is 14.8. The number of fused-ring (bicyclic) bond motifs is 1. The summed E-state index contributed by atoms with van der Waals surface area (Å²) in [5.41, 5.74) is 1.36. The quantitative estimate of drug-likeness (QED) is 0.232. The highest BCUT2D eigenvalue weighted by atomic mass is 19.1. The van der Waals surface area contributed by atoms with Gasteiger partial charge < -0.3 is 5.11 Å². The number of hydrogen-bond acceptors (Lipinski definition) is 3. The van der Waals surface area contributed by atoms with Gasteiger partial charge in [0, 0.05) is 11.6 Å². The second kappa shape index (κ2) is 8.23. The minimum atomic E-state index is -1.10. The zero-order valence-electron chi connectivity index (χ0n) is 18.1. The number of ketones is 1. The summed E-state index contributed by atoms with van der Waals surface area (Å²) in [5, 5.41) is 13.0. The van der Waals surface area contributed by atoms with Gasteiger partial charge in [0.25, 0.3) is 11.7 Å². The number of carbonyl (C=O) groups is 2. The molecular formula is C28H19F2NO3. The average Bonchev–Trinajstić information content (AvgIpc) is 3.09. The summed E-state index contributed by atoms with van der Waals surface area (Å²) < 4.78 is 28.4. The maximum absolute atomic E-state index is 14.8. The van der Waals surface area contributed by atoms with Crippen LogP contribution in [-0.4, -0.2) is 16.8 Å². The third kappa shape index (κ3) is 3.44. The number of amides is 1. The van der Waals surface area contributed by atoms with Crippen LogP contribution in [0.15, 0.2) is 90.5 Å². The fourth-order valence-corrected chi connectivity index (χ4v) is 4.49. The largest absolute Gasteiger partial charge is 0.507 e. The zero-order valence-corrected chi connectivity index (χ0v) is 18.1. The van der Waals surface area contributed by atoms with Crippen molar-refractivity contribution in [3.63, 3.8) is 0 Å². The van der Waals surface area contributed by atoms with E-state index in [1.54, 1.807) is 30.3 Å². The Morgan fingerprint density at radius 1 is 0.882 bits per heavy atom. The molecule has 1 saturated heterocycles. The van der Waals surface area contributed by atoms with Gasteiger partial charge >= 0.3 is 0 Å². The van der Waals surface area contributed by atoms with Crippen molar-refractivity contribution in [3.8, 4) is 0 Å². The smallest absolute Gasteiger partial charge is 0.300 e. The number of benzene rings is 4. The van der Waals surface area contributed by atoms with E-state index in [1.807, 2.05) is 43.3 Å². The van der Waals surface area contributed by atoms with E-state index >= 15 is 0 Å². The van der Waals surface area contributed by atoms with Crippen LogP contribution in [0.3, 0.4) is 0 Å². The Bertz CT molecular complexity index is 1500. The molecule has 1 aliphatic rings. The van der Waals surface area contributed by atoms with E-state index in [4.69, 9.17) is 0 Å². The van der Waals surface area contributed by atoms with Gasteiger partial charge in [-0.15, -0.1) is 0 Å². The second-order valence-electron chi connectivity index (χ2n) is 8.21. The Hall–Kier alpha value is -4.32. The lowest BCUT2D eigenvalue weighted by Crippen LogP contribution is -2.30. The molecule has 6 heteroatoms. The molecule has 0 radical (unpaired) electrons. The maximum Gasteiger partial charge on any atom is 0.300 e. The highest BCUT2D eigenvalue weighted by Gasteiger charge is 2.47. The van der Waals surface area contributed by atoms with E-state index in [0.29, 0.717) is 22.6 Å². The van der Waals surface area contributed by atoms with E-state index in [2.05, 4.69) is 0 Å². The average molecular weight is 455 g/mol. The van der Waals surface area contributed by atoms with Gasteiger partial charge in [-0.05, 0) is 35.4 Å². The number of aryl methyl sites for hydroxylation is 1. The molecule has 1 unspecified atom stereocenters. The molecule has 1 atom stereocenters. The first-order valence-electron chi connectivity index (χ1n) is 10.7. The first-order valence-corrected chi connectivity index (χ1v) is 10.7. The van der Waals surface area contributed by atoms with Gasteiger partial charge in [0.15, 0.2) is 0 Å². The monoisotopic (exact) mass is 455 g/mol. The minimum absolute atomic E-state index is 0.157. The Balaban J connectivity index is 1.80. The normalized spacial score (nSPS) is 17.5. The van der Waals surface area contributed by atoms with E-state index in [-0.39, 0.29) is 17.0 Å². The molecule has 0 saturated carbocycles. The first-order chi connectivity index (χ1) is 16.4. The van der Waals surface area contributed by atoms with E-state index in [9.17, 15) is 23.5 Å². The molecule has 168 valence electrons. The van der Waals surface area contributed by atoms with Gasteiger partial charge in [0.1, 0.15) is 17.4 Å². The van der Waals surface area contributed by atoms with Crippen LogP contribution in [0.2, 0.25) is 0 Å². The van der Waals surface area contributed by atoms with E-state index in [0.717, 1.165) is 28.0 Å². The summed E-state index contributed by atoms with van der Waals surface area (Å²) in [5.74, 6) is -4.09. The Labute approximate surface area is 194 Å². The van der Waals surface area contributed by atoms with Crippen molar-refractivity contribution in [3.05, 3.63) is 119 Å². The SMILES string of the molecule is Cc1cccc(C2/C(=C(/O)c3cccc4ccccc34)C(=O)C(=O)N2c2ccc(F)cc2F)c1. The summed E-state index contributed by atoms with van der Waals surface area (Å²) in [6.45, 7) is 1.85. The van der Waals surface area contributed by atoms with Crippen LogP contribution in [0.25, 0.3) is 16.5 Å². The summed E-state index contributed by atoms with van der Waals surface area (Å²) in [6, 6.07) is 21.4. The topological polar surface area (TPSA) is 57.6 Å². The highest BCUT2D eigenvalue weighted by molar-refractivity contribution is 6.51. The molecule has 0 aromatic heterocycles. The number of rotatable bonds is 3. The fourth-order valence-electron chi connectivity index (χ4n) is 4.49. The van der Waals surface area contributed by atoms with Crippen LogP contribution in [0.4, 0.5) is 14.5 Å². The Kier molecular flexibility index (Phi) is 5.21. The van der Waals surface area contributed by atoms with Crippen molar-refractivity contribution in [2.75, 3.05) is 4.90 Å². The van der Waals surface area contributed by atoms with Crippen LogP contribution in [0.5, 0.6) is 0 Å². The lowest BCUT2D eigenvalue weighted by Gasteiger charge is -2.26. The predicted octanol–water partition coefficient (Wildman–Crippen LogP) is 6.05. The molecular weight excluding hydrogens is 436 g/mol. The van der Waals surface area contributed by atoms with Crippen molar-refractivity contribution in [2.45, 2.75) is 13.0 Å². The van der Waals surface area contributed by atoms with Crippen molar-refractivity contribution < 1.29 is 23.5 Å². The Morgan fingerprint density at radius 2 is 1.62 bits per heavy atom. The lowest BCUT2D eigenvalue weighted by atomic mass is 9.92. The fraction of sp³-hybridized carbons (Fsp3) is 0.0714. The van der Waals surface area contributed by atoms with Gasteiger partial charge in [-0.25, -0.2) is 8.78 Å². The van der Waals surface area contributed by atoms with Crippen LogP contribution < -0.4 is 4.90 Å². The summed E-state index contributed by atoms with van der Waals surface area (Å²) in [6.07, 6.45) is 0. The molecule has 0 spiro atoms. The minimum Gasteiger partial charge on any atom is -0.507 e. The van der Waals surface area contributed by atoms with Crippen molar-refractivity contribution in [1.29, 1.82) is 0 Å². The van der Waals surface area contributed by atoms with Gasteiger partial charge in [-0.1, -0.05) is 72.3 Å². The lowest BCUT2D eigenvalue weighted by molar-refractivity contribution is -0.132. The first kappa shape index (κ1) is 21.5. The van der Waals surface area contributed by atoms with Crippen LogP contribution in [0, 0.1) is 18.6 Å². The molecule has 1 heterocycles. The highest BCUT2D eigenvalue weighted by Crippen LogP contribution is 2.43. The molecule has 4 aromatic rings. The number of aliphatic hydroxyl groups excluding tert-OH is 1. The van der Waals surface area contributed by atoms with Gasteiger partial charge in [0.2, 0.25) is 0 Å². The molecule has 0 aliphatic carbocycles. The number of anilines is 1. The molecule has 1 aliphatic heterocycles. The number of halogens is 2. The third-order valence-electron chi connectivity index (χ3n) is 6.02. The second-order valence-corrected chi connectivity index (χ2v) is 8.21. The molecule has 4 nitrogen and oxygen atoms in total. The number of nitrogens with zero attached hydrogens (tertiary/aromatic N) is 1. The van der Waals surface area contributed by atoms with E-state index < -0.39 is 29.4 Å². The number of carbonyl (C=O) groups excluding carboxylic acids is 2. The van der Waals surface area contributed by atoms with Crippen molar-refractivity contribution >= 4 is 33.9 Å². The predicted molar refractivity (Wildman–Crippen MR) is 126 cm³/mol. The van der Waals surface area contributed by atoms with E-state index in [1.165, 1.54) is 0 Å². The molecule has 0 bridgehead atoms. The summed E-state index contributed by atoms with van der Waals surface area (Å²) in [7, 11) is 0. The van der Waals surface area contributed by atoms with Crippen LogP contribution >= 0.6 is 0 Å². The third-order valence-corrected chi connectivity index (χ3v) is 6.02. The van der Waals surface area contributed by atoms with Crippen LogP contribution in [-0.2, 0) is 9.59 Å². The summed E-state index contributed by atoms with van der Waals surface area (Å²) in [4.78, 5) is 27.5. The molecule has 1 N–H and O–H groups in total. The molecule has 5 rings (SSSR count). The van der Waals surface area contributed by atoms with Crippen molar-refractivity contribution in [2.24, 2.45) is 0 Å². The van der Waals surface area contributed by atoms with Crippen LogP contribution in [0.1, 0.15) is 22.7 Å². The number of Topliss-reactive ketones (excluding diaryl/α,β-unsaturated/α-hetero) is 1.